The fourth-order valence-electron chi connectivity index (χ4n) is 2.38. The number of para-hydroxylation sites is 2. The summed E-state index contributed by atoms with van der Waals surface area (Å²) in [7, 11) is 0. The Morgan fingerprint density at radius 3 is 2.30 bits per heavy atom. The normalized spacial score (nSPS) is 11.1. The van der Waals surface area contributed by atoms with Gasteiger partial charge in [-0.3, -0.25) is 4.79 Å². The molecule has 0 saturated carbocycles. The zero-order valence-electron chi connectivity index (χ0n) is 11.6. The van der Waals surface area contributed by atoms with Crippen molar-refractivity contribution in [1.29, 1.82) is 0 Å². The van der Waals surface area contributed by atoms with E-state index in [1.807, 2.05) is 0 Å². The minimum Gasteiger partial charge on any atom is -0.805 e. The van der Waals surface area contributed by atoms with E-state index in [1.54, 1.807) is 42.5 Å². The van der Waals surface area contributed by atoms with Crippen molar-refractivity contribution in [2.45, 2.75) is 4.84 Å². The average molecular weight is 349 g/mol. The molecule has 23 heavy (non-hydrogen) atoms. The van der Waals surface area contributed by atoms with Gasteiger partial charge in [-0.2, -0.15) is 0 Å². The molecule has 1 aromatic heterocycles. The number of carbonyl (C=O) groups is 1. The molecule has 0 radical (unpaired) electrons. The number of benzene rings is 2. The van der Waals surface area contributed by atoms with Crippen molar-refractivity contribution in [2.24, 2.45) is 0 Å². The summed E-state index contributed by atoms with van der Waals surface area (Å²) in [4.78, 5) is 24.0. The highest BCUT2D eigenvalue weighted by Gasteiger charge is 2.32. The molecule has 116 valence electrons. The molecule has 3 rings (SSSR count). The van der Waals surface area contributed by atoms with Crippen molar-refractivity contribution in [2.75, 3.05) is 0 Å². The molecule has 0 aliphatic heterocycles. The van der Waals surface area contributed by atoms with E-state index in [2.05, 4.69) is 0 Å². The van der Waals surface area contributed by atoms with Gasteiger partial charge in [-0.1, -0.05) is 65.7 Å². The monoisotopic (exact) mass is 348 g/mol. The third kappa shape index (κ3) is 2.58. The number of ketones is 1. The molecule has 0 spiro atoms. The van der Waals surface area contributed by atoms with Crippen LogP contribution in [0, 0.1) is 10.1 Å². The first-order valence-corrected chi connectivity index (χ1v) is 7.55. The Labute approximate surface area is 140 Å². The minimum absolute atomic E-state index is 0.0690. The molecule has 0 N–H and O–H groups in total. The lowest BCUT2D eigenvalue weighted by Gasteiger charge is -2.19. The second-order valence-electron chi connectivity index (χ2n) is 4.81. The number of carbonyl (C=O) groups excluding carboxylic acids is 1. The van der Waals surface area contributed by atoms with E-state index in [-0.39, 0.29) is 28.0 Å². The highest BCUT2D eigenvalue weighted by atomic mass is 35.5. The SMILES string of the molecule is O=C(c1ccccc1)c1c(C(Cl)Cl)n([O-])c2ccccc2[n+]1=O. The van der Waals surface area contributed by atoms with Gasteiger partial charge in [0.15, 0.2) is 4.84 Å². The van der Waals surface area contributed by atoms with Crippen molar-refractivity contribution < 1.29 is 9.22 Å². The Bertz CT molecular complexity index is 953. The number of halogens is 2. The highest BCUT2D eigenvalue weighted by Crippen LogP contribution is 2.29. The van der Waals surface area contributed by atoms with Crippen LogP contribution in [-0.2, 0) is 0 Å². The summed E-state index contributed by atoms with van der Waals surface area (Å²) in [5, 5.41) is 12.5. The van der Waals surface area contributed by atoms with Gasteiger partial charge in [0, 0.05) is 16.5 Å². The summed E-state index contributed by atoms with van der Waals surface area (Å²) in [6, 6.07) is 14.3. The predicted octanol–water partition coefficient (Wildman–Crippen LogP) is 3.61. The van der Waals surface area contributed by atoms with Crippen LogP contribution in [0.1, 0.15) is 26.6 Å². The minimum atomic E-state index is -1.32. The van der Waals surface area contributed by atoms with E-state index in [1.165, 1.54) is 12.1 Å². The maximum absolute atomic E-state index is 12.7. The number of hydrogen-bond acceptors (Lipinski definition) is 3. The predicted molar refractivity (Wildman–Crippen MR) is 88.4 cm³/mol. The van der Waals surface area contributed by atoms with Crippen LogP contribution in [0.5, 0.6) is 0 Å². The molecule has 0 unspecified atom stereocenters. The van der Waals surface area contributed by atoms with Crippen LogP contribution in [0.3, 0.4) is 0 Å². The van der Waals surface area contributed by atoms with Crippen molar-refractivity contribution in [3.63, 3.8) is 0 Å². The van der Waals surface area contributed by atoms with E-state index in [4.69, 9.17) is 23.2 Å². The Kier molecular flexibility index (Phi) is 4.07. The first-order chi connectivity index (χ1) is 11.0. The molecule has 2 aromatic carbocycles. The Morgan fingerprint density at radius 1 is 1.04 bits per heavy atom. The molecular weight excluding hydrogens is 339 g/mol. The van der Waals surface area contributed by atoms with Crippen molar-refractivity contribution in [1.82, 2.24) is 4.73 Å². The van der Waals surface area contributed by atoms with Crippen LogP contribution in [-0.4, -0.2) is 10.5 Å². The molecule has 7 heteroatoms. The standard InChI is InChI=1S/C16H10Cl2N2O3/c17-16(18)14-13(15(21)10-6-2-1-3-7-10)19(22)11-8-4-5-9-12(11)20(14)23/h1-9,16H. The lowest BCUT2D eigenvalue weighted by molar-refractivity contribution is -0.468. The van der Waals surface area contributed by atoms with Gasteiger partial charge in [0.25, 0.3) is 11.3 Å². The zero-order valence-corrected chi connectivity index (χ0v) is 13.2. The van der Waals surface area contributed by atoms with Crippen molar-refractivity contribution in [3.05, 3.63) is 81.7 Å². The number of hydrogen-bond donors (Lipinski definition) is 0. The number of rotatable bonds is 3. The second kappa shape index (κ2) is 6.02. The van der Waals surface area contributed by atoms with Gasteiger partial charge in [0.05, 0.1) is 4.43 Å². The fraction of sp³-hybridized carbons (Fsp3) is 0.0625. The molecule has 0 atom stereocenters. The van der Waals surface area contributed by atoms with Gasteiger partial charge in [-0.05, 0) is 6.07 Å². The molecule has 1 heterocycles. The van der Waals surface area contributed by atoms with Crippen molar-refractivity contribution >= 4 is 40.0 Å². The number of nitrogens with zero attached hydrogens (tertiary/aromatic N) is 2. The van der Waals surface area contributed by atoms with E-state index in [0.717, 1.165) is 0 Å². The number of fused-ring (bicyclic) bond motifs is 1. The van der Waals surface area contributed by atoms with Crippen molar-refractivity contribution in [3.8, 4) is 0 Å². The molecule has 5 nitrogen and oxygen atoms in total. The second-order valence-corrected chi connectivity index (χ2v) is 5.90. The summed E-state index contributed by atoms with van der Waals surface area (Å²) >= 11 is 11.7. The van der Waals surface area contributed by atoms with Crippen LogP contribution in [0.15, 0.2) is 54.6 Å². The van der Waals surface area contributed by atoms with Gasteiger partial charge in [0.1, 0.15) is 11.2 Å². The molecule has 0 bridgehead atoms. The van der Waals surface area contributed by atoms with E-state index in [0.29, 0.717) is 9.16 Å². The van der Waals surface area contributed by atoms with Gasteiger partial charge >= 0.3 is 5.69 Å². The van der Waals surface area contributed by atoms with Crippen LogP contribution < -0.4 is 4.43 Å². The Balaban J connectivity index is 2.40. The van der Waals surface area contributed by atoms with Gasteiger partial charge in [-0.15, -0.1) is 0 Å². The maximum Gasteiger partial charge on any atom is 0.332 e. The summed E-state index contributed by atoms with van der Waals surface area (Å²) < 4.78 is 0.844. The molecule has 0 aliphatic carbocycles. The summed E-state index contributed by atoms with van der Waals surface area (Å²) in [6.07, 6.45) is 0. The van der Waals surface area contributed by atoms with E-state index in [9.17, 15) is 14.9 Å². The van der Waals surface area contributed by atoms with Gasteiger partial charge in [0.2, 0.25) is 0 Å². The third-order valence-electron chi connectivity index (χ3n) is 3.44. The summed E-state index contributed by atoms with van der Waals surface area (Å²) in [5.41, 5.74) is -0.230. The Hall–Kier alpha value is -2.37. The summed E-state index contributed by atoms with van der Waals surface area (Å²) in [6.45, 7) is 0. The van der Waals surface area contributed by atoms with Gasteiger partial charge < -0.3 is 9.94 Å². The van der Waals surface area contributed by atoms with E-state index < -0.39 is 10.6 Å². The van der Waals surface area contributed by atoms with Crippen LogP contribution in [0.2, 0.25) is 0 Å². The topological polar surface area (TPSA) is 68.0 Å². The van der Waals surface area contributed by atoms with Crippen LogP contribution in [0.4, 0.5) is 0 Å². The average Bonchev–Trinajstić information content (AvgIpc) is 2.57. The molecule has 0 saturated heterocycles. The lowest BCUT2D eigenvalue weighted by atomic mass is 10.1. The molecular formula is C16H10Cl2N2O3. The quantitative estimate of drug-likeness (QED) is 0.412. The molecule has 3 aromatic rings. The third-order valence-corrected chi connectivity index (χ3v) is 3.85. The molecule has 0 aliphatic rings. The fourth-order valence-corrected chi connectivity index (χ4v) is 2.77. The van der Waals surface area contributed by atoms with Gasteiger partial charge in [-0.25, -0.2) is 0 Å². The first-order valence-electron chi connectivity index (χ1n) is 6.68. The van der Waals surface area contributed by atoms with E-state index >= 15 is 0 Å². The molecule has 0 fully saturated rings. The largest absolute Gasteiger partial charge is 0.805 e. The lowest BCUT2D eigenvalue weighted by Crippen LogP contribution is -2.31. The number of aromatic nitrogens is 2. The molecule has 0 amide bonds. The smallest absolute Gasteiger partial charge is 0.332 e. The number of alkyl halides is 2. The highest BCUT2D eigenvalue weighted by molar-refractivity contribution is 6.44. The van der Waals surface area contributed by atoms with Crippen LogP contribution in [0.25, 0.3) is 11.0 Å². The summed E-state index contributed by atoms with van der Waals surface area (Å²) in [5.74, 6) is -0.614. The van der Waals surface area contributed by atoms with Crippen LogP contribution >= 0.6 is 23.2 Å². The Morgan fingerprint density at radius 2 is 1.65 bits per heavy atom. The maximum atomic E-state index is 12.7. The zero-order chi connectivity index (χ0) is 16.6. The first kappa shape index (κ1) is 15.5.